The van der Waals surface area contributed by atoms with Crippen LogP contribution in [0.25, 0.3) is 21.9 Å². The molecule has 6 heteroatoms. The monoisotopic (exact) mass is 311 g/mol. The van der Waals surface area contributed by atoms with Gasteiger partial charge in [-0.3, -0.25) is 4.79 Å². The number of nitrogens with two attached hydrogens (primary N) is 3. The summed E-state index contributed by atoms with van der Waals surface area (Å²) in [5.41, 5.74) is 19.5. The topological polar surface area (TPSA) is 113 Å². The molecule has 0 bridgehead atoms. The number of rotatable bonds is 4. The van der Waals surface area contributed by atoms with Crippen molar-refractivity contribution in [3.05, 3.63) is 35.9 Å². The maximum Gasteiger partial charge on any atom is 0.252 e. The predicted octanol–water partition coefficient (Wildman–Crippen LogP) is 1.85. The van der Waals surface area contributed by atoms with Gasteiger partial charge < -0.3 is 21.8 Å². The maximum atomic E-state index is 11.6. The normalized spacial score (nSPS) is 13.0. The number of nitrogens with zero attached hydrogens (tertiary/aromatic N) is 2. The standard InChI is InChI=1S/C17H21N5O/c1-9(2)13(18)8-22-14-6-4-3-5-10(14)11-7-12(16(20)23)15(19)21-17(11)22/h3-7,9,13H,8,18H2,1-2H3,(H2,19,21)(H2,20,23). The van der Waals surface area contributed by atoms with Crippen molar-refractivity contribution in [1.29, 1.82) is 0 Å². The van der Waals surface area contributed by atoms with Gasteiger partial charge in [-0.1, -0.05) is 32.0 Å². The Labute approximate surface area is 134 Å². The fourth-order valence-electron chi connectivity index (χ4n) is 2.78. The van der Waals surface area contributed by atoms with Gasteiger partial charge in [0.1, 0.15) is 11.5 Å². The van der Waals surface area contributed by atoms with E-state index in [-0.39, 0.29) is 17.4 Å². The molecule has 1 atom stereocenters. The van der Waals surface area contributed by atoms with Crippen molar-refractivity contribution in [3.63, 3.8) is 0 Å². The van der Waals surface area contributed by atoms with Gasteiger partial charge in [0.15, 0.2) is 0 Å². The lowest BCUT2D eigenvalue weighted by molar-refractivity contribution is 0.100. The molecule has 3 aromatic rings. The number of aromatic nitrogens is 2. The van der Waals surface area contributed by atoms with E-state index in [1.807, 2.05) is 24.3 Å². The van der Waals surface area contributed by atoms with Crippen LogP contribution in [0, 0.1) is 5.92 Å². The van der Waals surface area contributed by atoms with Crippen molar-refractivity contribution in [2.75, 3.05) is 5.73 Å². The number of amides is 1. The maximum absolute atomic E-state index is 11.6. The number of para-hydroxylation sites is 1. The molecule has 0 aliphatic heterocycles. The van der Waals surface area contributed by atoms with Gasteiger partial charge in [0.2, 0.25) is 0 Å². The lowest BCUT2D eigenvalue weighted by Crippen LogP contribution is -2.31. The molecule has 0 spiro atoms. The van der Waals surface area contributed by atoms with Crippen molar-refractivity contribution in [2.24, 2.45) is 17.4 Å². The quantitative estimate of drug-likeness (QED) is 0.682. The Morgan fingerprint density at radius 3 is 2.61 bits per heavy atom. The Morgan fingerprint density at radius 1 is 1.26 bits per heavy atom. The molecule has 1 amide bonds. The summed E-state index contributed by atoms with van der Waals surface area (Å²) in [6, 6.07) is 9.65. The molecule has 1 unspecified atom stereocenters. The number of hydrogen-bond acceptors (Lipinski definition) is 4. The van der Waals surface area contributed by atoms with Gasteiger partial charge in [0.05, 0.1) is 11.1 Å². The summed E-state index contributed by atoms with van der Waals surface area (Å²) in [6.07, 6.45) is 0. The molecule has 0 saturated carbocycles. The molecule has 1 aromatic carbocycles. The largest absolute Gasteiger partial charge is 0.383 e. The smallest absolute Gasteiger partial charge is 0.252 e. The summed E-state index contributed by atoms with van der Waals surface area (Å²) >= 11 is 0. The third-order valence-electron chi connectivity index (χ3n) is 4.29. The van der Waals surface area contributed by atoms with Gasteiger partial charge in [-0.15, -0.1) is 0 Å². The van der Waals surface area contributed by atoms with Crippen molar-refractivity contribution >= 4 is 33.7 Å². The van der Waals surface area contributed by atoms with Gasteiger partial charge >= 0.3 is 0 Å². The van der Waals surface area contributed by atoms with Gasteiger partial charge in [-0.05, 0) is 18.1 Å². The van der Waals surface area contributed by atoms with Crippen LogP contribution in [0.3, 0.4) is 0 Å². The molecule has 2 heterocycles. The molecule has 23 heavy (non-hydrogen) atoms. The van der Waals surface area contributed by atoms with Crippen molar-refractivity contribution in [2.45, 2.75) is 26.4 Å². The number of nitrogen functional groups attached to an aromatic ring is 1. The zero-order chi connectivity index (χ0) is 16.7. The lowest BCUT2D eigenvalue weighted by Gasteiger charge is -2.17. The summed E-state index contributed by atoms with van der Waals surface area (Å²) in [7, 11) is 0. The molecule has 0 aliphatic carbocycles. The predicted molar refractivity (Wildman–Crippen MR) is 93.0 cm³/mol. The molecular weight excluding hydrogens is 290 g/mol. The molecule has 3 rings (SSSR count). The minimum absolute atomic E-state index is 0.00662. The number of anilines is 1. The highest BCUT2D eigenvalue weighted by molar-refractivity contribution is 6.10. The first-order valence-corrected chi connectivity index (χ1v) is 7.63. The van der Waals surface area contributed by atoms with E-state index >= 15 is 0 Å². The van der Waals surface area contributed by atoms with Gasteiger partial charge in [-0.2, -0.15) is 0 Å². The van der Waals surface area contributed by atoms with Crippen molar-refractivity contribution < 1.29 is 4.79 Å². The number of hydrogen-bond donors (Lipinski definition) is 3. The van der Waals surface area contributed by atoms with Crippen LogP contribution >= 0.6 is 0 Å². The molecular formula is C17H21N5O. The summed E-state index contributed by atoms with van der Waals surface area (Å²) in [6.45, 7) is 4.81. The number of fused-ring (bicyclic) bond motifs is 3. The zero-order valence-electron chi connectivity index (χ0n) is 13.3. The van der Waals surface area contributed by atoms with Gasteiger partial charge in [-0.25, -0.2) is 4.98 Å². The summed E-state index contributed by atoms with van der Waals surface area (Å²) in [4.78, 5) is 16.0. The number of pyridine rings is 1. The third-order valence-corrected chi connectivity index (χ3v) is 4.29. The van der Waals surface area contributed by atoms with Crippen LogP contribution in [-0.4, -0.2) is 21.5 Å². The van der Waals surface area contributed by atoms with Crippen molar-refractivity contribution in [3.8, 4) is 0 Å². The molecule has 0 aliphatic rings. The molecule has 6 N–H and O–H groups in total. The van der Waals surface area contributed by atoms with E-state index in [0.29, 0.717) is 12.5 Å². The summed E-state index contributed by atoms with van der Waals surface area (Å²) in [5.74, 6) is -0.0896. The van der Waals surface area contributed by atoms with E-state index in [1.54, 1.807) is 6.07 Å². The zero-order valence-corrected chi connectivity index (χ0v) is 13.3. The van der Waals surface area contributed by atoms with E-state index in [1.165, 1.54) is 0 Å². The van der Waals surface area contributed by atoms with E-state index in [4.69, 9.17) is 17.2 Å². The number of carbonyl (C=O) groups excluding carboxylic acids is 1. The van der Waals surface area contributed by atoms with Gasteiger partial charge in [0.25, 0.3) is 5.91 Å². The number of primary amides is 1. The average molecular weight is 311 g/mol. The molecule has 0 radical (unpaired) electrons. The van der Waals surface area contributed by atoms with Crippen LogP contribution in [0.4, 0.5) is 5.82 Å². The second-order valence-corrected chi connectivity index (χ2v) is 6.19. The van der Waals surface area contributed by atoms with Crippen LogP contribution in [-0.2, 0) is 6.54 Å². The first-order chi connectivity index (χ1) is 10.9. The number of benzene rings is 1. The Bertz CT molecular complexity index is 897. The molecule has 120 valence electrons. The van der Waals surface area contributed by atoms with E-state index in [2.05, 4.69) is 23.4 Å². The minimum Gasteiger partial charge on any atom is -0.383 e. The highest BCUT2D eigenvalue weighted by atomic mass is 16.1. The first kappa shape index (κ1) is 15.3. The molecule has 6 nitrogen and oxygen atoms in total. The summed E-state index contributed by atoms with van der Waals surface area (Å²) < 4.78 is 2.07. The highest BCUT2D eigenvalue weighted by Crippen LogP contribution is 2.30. The van der Waals surface area contributed by atoms with Gasteiger partial charge in [0, 0.05) is 23.4 Å². The Kier molecular flexibility index (Phi) is 3.69. The second-order valence-electron chi connectivity index (χ2n) is 6.19. The second kappa shape index (κ2) is 5.55. The fraction of sp³-hybridized carbons (Fsp3) is 0.294. The lowest BCUT2D eigenvalue weighted by atomic mass is 10.1. The van der Waals surface area contributed by atoms with Crippen LogP contribution in [0.15, 0.2) is 30.3 Å². The Balaban J connectivity index is 2.32. The van der Waals surface area contributed by atoms with Crippen LogP contribution < -0.4 is 17.2 Å². The van der Waals surface area contributed by atoms with E-state index in [0.717, 1.165) is 21.9 Å². The number of carbonyl (C=O) groups is 1. The molecule has 0 saturated heterocycles. The van der Waals surface area contributed by atoms with E-state index < -0.39 is 5.91 Å². The highest BCUT2D eigenvalue weighted by Gasteiger charge is 2.18. The average Bonchev–Trinajstić information content (AvgIpc) is 2.80. The van der Waals surface area contributed by atoms with Crippen LogP contribution in [0.1, 0.15) is 24.2 Å². The van der Waals surface area contributed by atoms with E-state index in [9.17, 15) is 4.79 Å². The first-order valence-electron chi connectivity index (χ1n) is 7.63. The fourth-order valence-corrected chi connectivity index (χ4v) is 2.78. The van der Waals surface area contributed by atoms with Crippen LogP contribution in [0.2, 0.25) is 0 Å². The summed E-state index contributed by atoms with van der Waals surface area (Å²) in [5, 5.41) is 1.87. The molecule has 0 fully saturated rings. The Hall–Kier alpha value is -2.60. The SMILES string of the molecule is CC(C)C(N)Cn1c2ccccc2c2cc(C(N)=O)c(N)nc21. The third kappa shape index (κ3) is 2.51. The minimum atomic E-state index is -0.576. The Morgan fingerprint density at radius 2 is 1.96 bits per heavy atom. The van der Waals surface area contributed by atoms with Crippen molar-refractivity contribution in [1.82, 2.24) is 9.55 Å². The van der Waals surface area contributed by atoms with Crippen LogP contribution in [0.5, 0.6) is 0 Å². The molecule has 2 aromatic heterocycles.